The van der Waals surface area contributed by atoms with Gasteiger partial charge in [0.15, 0.2) is 0 Å². The summed E-state index contributed by atoms with van der Waals surface area (Å²) in [4.78, 5) is 14.0. The summed E-state index contributed by atoms with van der Waals surface area (Å²) in [5, 5.41) is 6.38. The van der Waals surface area contributed by atoms with Gasteiger partial charge in [-0.15, -0.1) is 0 Å². The molecule has 24 heavy (non-hydrogen) atoms. The van der Waals surface area contributed by atoms with E-state index in [0.29, 0.717) is 13.0 Å². The van der Waals surface area contributed by atoms with Gasteiger partial charge in [0.2, 0.25) is 5.91 Å². The maximum atomic E-state index is 11.4. The highest BCUT2D eigenvalue weighted by Crippen LogP contribution is 2.04. The monoisotopic (exact) mass is 342 g/mol. The van der Waals surface area contributed by atoms with Gasteiger partial charge >= 0.3 is 0 Å². The van der Waals surface area contributed by atoms with Crippen molar-refractivity contribution >= 4 is 5.91 Å². The van der Waals surface area contributed by atoms with Gasteiger partial charge in [0, 0.05) is 39.1 Å². The lowest BCUT2D eigenvalue weighted by molar-refractivity contribution is -0.121. The first kappa shape index (κ1) is 23.4. The van der Waals surface area contributed by atoms with Crippen LogP contribution in [0, 0.1) is 0 Å². The van der Waals surface area contributed by atoms with Crippen molar-refractivity contribution in [2.24, 2.45) is 5.73 Å². The van der Waals surface area contributed by atoms with E-state index in [2.05, 4.69) is 22.5 Å². The van der Waals surface area contributed by atoms with Crippen molar-refractivity contribution in [2.45, 2.75) is 71.6 Å². The molecule has 0 rings (SSSR count). The van der Waals surface area contributed by atoms with Gasteiger partial charge in [-0.25, -0.2) is 0 Å². The standard InChI is InChI=1S/C19H42N4O/c1-3-5-6-9-16-23(18-15-21-14-12-20)17-10-7-8-13-22-19(24)11-4-2/h21H,3-18,20H2,1-2H3,(H,22,24). The molecule has 5 heteroatoms. The predicted octanol–water partition coefficient (Wildman–Crippen LogP) is 2.50. The van der Waals surface area contributed by atoms with Crippen LogP contribution in [0.25, 0.3) is 0 Å². The van der Waals surface area contributed by atoms with Crippen LogP contribution in [0.4, 0.5) is 0 Å². The minimum Gasteiger partial charge on any atom is -0.356 e. The van der Waals surface area contributed by atoms with Crippen molar-refractivity contribution in [3.63, 3.8) is 0 Å². The molecule has 0 saturated carbocycles. The molecule has 0 aliphatic carbocycles. The molecule has 1 amide bonds. The minimum absolute atomic E-state index is 0.195. The van der Waals surface area contributed by atoms with Crippen LogP contribution in [0.15, 0.2) is 0 Å². The molecular formula is C19H42N4O. The summed E-state index contributed by atoms with van der Waals surface area (Å²) >= 11 is 0. The Morgan fingerprint density at radius 3 is 2.17 bits per heavy atom. The number of carbonyl (C=O) groups excluding carboxylic acids is 1. The largest absolute Gasteiger partial charge is 0.356 e. The molecule has 5 nitrogen and oxygen atoms in total. The Balaban J connectivity index is 3.74. The van der Waals surface area contributed by atoms with Gasteiger partial charge in [0.25, 0.3) is 0 Å². The first-order valence-electron chi connectivity index (χ1n) is 10.1. The zero-order valence-corrected chi connectivity index (χ0v) is 16.2. The summed E-state index contributed by atoms with van der Waals surface area (Å²) in [7, 11) is 0. The molecule has 144 valence electrons. The summed E-state index contributed by atoms with van der Waals surface area (Å²) < 4.78 is 0. The SMILES string of the molecule is CCCCCCN(CCCCCNC(=O)CCC)CCNCCN. The third-order valence-electron chi connectivity index (χ3n) is 4.20. The second-order valence-electron chi connectivity index (χ2n) is 6.60. The average molecular weight is 343 g/mol. The van der Waals surface area contributed by atoms with Crippen molar-refractivity contribution in [3.05, 3.63) is 0 Å². The summed E-state index contributed by atoms with van der Waals surface area (Å²) in [6.07, 6.45) is 10.4. The Morgan fingerprint density at radius 1 is 0.833 bits per heavy atom. The first-order chi connectivity index (χ1) is 11.7. The van der Waals surface area contributed by atoms with E-state index >= 15 is 0 Å². The van der Waals surface area contributed by atoms with Crippen molar-refractivity contribution in [2.75, 3.05) is 45.8 Å². The number of hydrogen-bond acceptors (Lipinski definition) is 4. The van der Waals surface area contributed by atoms with Crippen LogP contribution in [-0.4, -0.2) is 56.6 Å². The third-order valence-corrected chi connectivity index (χ3v) is 4.20. The molecule has 0 bridgehead atoms. The number of carbonyl (C=O) groups is 1. The predicted molar refractivity (Wildman–Crippen MR) is 104 cm³/mol. The third kappa shape index (κ3) is 16.2. The molecule has 0 aliphatic rings. The van der Waals surface area contributed by atoms with Crippen LogP contribution in [0.2, 0.25) is 0 Å². The molecule has 0 unspecified atom stereocenters. The van der Waals surface area contributed by atoms with Gasteiger partial charge < -0.3 is 21.3 Å². The lowest BCUT2D eigenvalue weighted by Crippen LogP contribution is -2.35. The van der Waals surface area contributed by atoms with E-state index in [-0.39, 0.29) is 5.91 Å². The van der Waals surface area contributed by atoms with Crippen LogP contribution in [0.1, 0.15) is 71.6 Å². The fraction of sp³-hybridized carbons (Fsp3) is 0.947. The molecule has 0 spiro atoms. The minimum atomic E-state index is 0.195. The number of rotatable bonds is 18. The molecule has 0 atom stereocenters. The highest BCUT2D eigenvalue weighted by atomic mass is 16.1. The average Bonchev–Trinajstić information content (AvgIpc) is 2.58. The molecule has 0 aromatic carbocycles. The Hall–Kier alpha value is -0.650. The lowest BCUT2D eigenvalue weighted by Gasteiger charge is -2.22. The maximum Gasteiger partial charge on any atom is 0.219 e. The molecule has 0 aliphatic heterocycles. The number of nitrogens with two attached hydrogens (primary N) is 1. The topological polar surface area (TPSA) is 70.4 Å². The molecular weight excluding hydrogens is 300 g/mol. The first-order valence-corrected chi connectivity index (χ1v) is 10.1. The van der Waals surface area contributed by atoms with Gasteiger partial charge in [-0.2, -0.15) is 0 Å². The lowest BCUT2D eigenvalue weighted by atomic mass is 10.2. The number of hydrogen-bond donors (Lipinski definition) is 3. The van der Waals surface area contributed by atoms with Crippen molar-refractivity contribution < 1.29 is 4.79 Å². The number of unbranched alkanes of at least 4 members (excludes halogenated alkanes) is 5. The van der Waals surface area contributed by atoms with E-state index in [0.717, 1.165) is 39.0 Å². The van der Waals surface area contributed by atoms with Gasteiger partial charge in [0.05, 0.1) is 0 Å². The molecule has 4 N–H and O–H groups in total. The number of nitrogens with one attached hydrogen (secondary N) is 2. The van der Waals surface area contributed by atoms with Crippen molar-refractivity contribution in [3.8, 4) is 0 Å². The number of amides is 1. The highest BCUT2D eigenvalue weighted by Gasteiger charge is 2.04. The zero-order chi connectivity index (χ0) is 17.9. The smallest absolute Gasteiger partial charge is 0.219 e. The fourth-order valence-electron chi connectivity index (χ4n) is 2.74. The van der Waals surface area contributed by atoms with Crippen molar-refractivity contribution in [1.29, 1.82) is 0 Å². The normalized spacial score (nSPS) is 11.2. The Bertz CT molecular complexity index is 262. The summed E-state index contributed by atoms with van der Waals surface area (Å²) in [5.41, 5.74) is 5.52. The summed E-state index contributed by atoms with van der Waals surface area (Å²) in [5.74, 6) is 0.195. The summed E-state index contributed by atoms with van der Waals surface area (Å²) in [6.45, 7) is 11.2. The van der Waals surface area contributed by atoms with E-state index < -0.39 is 0 Å². The second-order valence-corrected chi connectivity index (χ2v) is 6.60. The molecule has 0 aromatic rings. The van der Waals surface area contributed by atoms with Crippen LogP contribution < -0.4 is 16.4 Å². The molecule has 0 fully saturated rings. The number of nitrogens with zero attached hydrogens (tertiary/aromatic N) is 1. The van der Waals surface area contributed by atoms with E-state index in [4.69, 9.17) is 5.73 Å². The maximum absolute atomic E-state index is 11.4. The van der Waals surface area contributed by atoms with Gasteiger partial charge in [-0.05, 0) is 38.8 Å². The quantitative estimate of drug-likeness (QED) is 0.335. The van der Waals surface area contributed by atoms with E-state index in [1.165, 1.54) is 51.6 Å². The molecule has 0 heterocycles. The van der Waals surface area contributed by atoms with Crippen LogP contribution in [-0.2, 0) is 4.79 Å². The Labute approximate surface area is 150 Å². The van der Waals surface area contributed by atoms with Gasteiger partial charge in [0.1, 0.15) is 0 Å². The molecule has 0 radical (unpaired) electrons. The highest BCUT2D eigenvalue weighted by molar-refractivity contribution is 5.75. The van der Waals surface area contributed by atoms with Crippen LogP contribution in [0.5, 0.6) is 0 Å². The fourth-order valence-corrected chi connectivity index (χ4v) is 2.74. The van der Waals surface area contributed by atoms with Gasteiger partial charge in [-0.1, -0.05) is 39.5 Å². The van der Waals surface area contributed by atoms with Gasteiger partial charge in [-0.3, -0.25) is 4.79 Å². The molecule has 0 aromatic heterocycles. The van der Waals surface area contributed by atoms with Crippen LogP contribution >= 0.6 is 0 Å². The molecule has 0 saturated heterocycles. The second kappa shape index (κ2) is 18.7. The van der Waals surface area contributed by atoms with E-state index in [1.807, 2.05) is 6.92 Å². The van der Waals surface area contributed by atoms with Crippen molar-refractivity contribution in [1.82, 2.24) is 15.5 Å². The summed E-state index contributed by atoms with van der Waals surface area (Å²) in [6, 6.07) is 0. The Kier molecular flexibility index (Phi) is 18.2. The zero-order valence-electron chi connectivity index (χ0n) is 16.2. The van der Waals surface area contributed by atoms with E-state index in [9.17, 15) is 4.79 Å². The van der Waals surface area contributed by atoms with Crippen LogP contribution in [0.3, 0.4) is 0 Å². The Morgan fingerprint density at radius 2 is 1.54 bits per heavy atom. The van der Waals surface area contributed by atoms with E-state index in [1.54, 1.807) is 0 Å².